The third-order valence-electron chi connectivity index (χ3n) is 3.73. The second-order valence-electron chi connectivity index (χ2n) is 5.42. The van der Waals surface area contributed by atoms with E-state index < -0.39 is 5.82 Å². The highest BCUT2D eigenvalue weighted by Crippen LogP contribution is 2.23. The number of benzene rings is 2. The smallest absolute Gasteiger partial charge is 0.250 e. The maximum atomic E-state index is 13.5. The fourth-order valence-corrected chi connectivity index (χ4v) is 2.26. The number of amides is 1. The average molecular weight is 359 g/mol. The Morgan fingerprint density at radius 1 is 1.19 bits per heavy atom. The molecule has 0 fully saturated rings. The molecule has 7 nitrogen and oxygen atoms in total. The molecular weight excluding hydrogens is 344 g/mol. The molecule has 9 heteroatoms. The molecule has 0 radical (unpaired) electrons. The highest BCUT2D eigenvalue weighted by molar-refractivity contribution is 5.92. The van der Waals surface area contributed by atoms with Gasteiger partial charge in [0.05, 0.1) is 7.11 Å². The number of hydrogen-bond acceptors (Lipinski definition) is 5. The summed E-state index contributed by atoms with van der Waals surface area (Å²) in [5, 5.41) is 11.8. The van der Waals surface area contributed by atoms with Gasteiger partial charge in [0.15, 0.2) is 11.6 Å². The van der Waals surface area contributed by atoms with E-state index in [1.54, 1.807) is 7.05 Å². The van der Waals surface area contributed by atoms with Gasteiger partial charge in [-0.15, -0.1) is 10.2 Å². The zero-order valence-corrected chi connectivity index (χ0v) is 14.1. The van der Waals surface area contributed by atoms with Gasteiger partial charge in [-0.1, -0.05) is 0 Å². The van der Waals surface area contributed by atoms with Crippen LogP contribution in [0.25, 0.3) is 11.4 Å². The molecule has 3 aromatic rings. The largest absolute Gasteiger partial charge is 0.494 e. The van der Waals surface area contributed by atoms with Gasteiger partial charge in [-0.05, 0) is 47.7 Å². The Morgan fingerprint density at radius 3 is 2.62 bits per heavy atom. The quantitative estimate of drug-likeness (QED) is 0.699. The van der Waals surface area contributed by atoms with E-state index >= 15 is 0 Å². The van der Waals surface area contributed by atoms with Gasteiger partial charge in [0, 0.05) is 18.3 Å². The number of ether oxygens (including phenoxy) is 1. The van der Waals surface area contributed by atoms with Crippen molar-refractivity contribution in [3.8, 4) is 17.1 Å². The van der Waals surface area contributed by atoms with Crippen molar-refractivity contribution in [2.24, 2.45) is 0 Å². The van der Waals surface area contributed by atoms with E-state index in [9.17, 15) is 13.6 Å². The molecule has 0 aliphatic rings. The molecule has 0 spiro atoms. The number of carbonyl (C=O) groups is 1. The van der Waals surface area contributed by atoms with Crippen molar-refractivity contribution in [2.75, 3.05) is 19.1 Å². The van der Waals surface area contributed by atoms with Gasteiger partial charge in [-0.2, -0.15) is 4.80 Å². The highest BCUT2D eigenvalue weighted by Gasteiger charge is 2.15. The predicted molar refractivity (Wildman–Crippen MR) is 89.6 cm³/mol. The fourth-order valence-electron chi connectivity index (χ4n) is 2.26. The molecule has 0 aliphatic heterocycles. The summed E-state index contributed by atoms with van der Waals surface area (Å²) in [4.78, 5) is 14.8. The molecule has 0 unspecified atom stereocenters. The second kappa shape index (κ2) is 7.26. The van der Waals surface area contributed by atoms with Crippen LogP contribution in [-0.4, -0.2) is 40.3 Å². The van der Waals surface area contributed by atoms with E-state index in [1.165, 1.54) is 54.5 Å². The third kappa shape index (κ3) is 3.66. The Morgan fingerprint density at radius 2 is 1.92 bits per heavy atom. The number of nitrogens with zero attached hydrogens (tertiary/aromatic N) is 5. The fraction of sp³-hybridized carbons (Fsp3) is 0.176. The van der Waals surface area contributed by atoms with Crippen molar-refractivity contribution < 1.29 is 18.3 Å². The van der Waals surface area contributed by atoms with Crippen molar-refractivity contribution in [1.29, 1.82) is 0 Å². The van der Waals surface area contributed by atoms with Crippen LogP contribution in [0.1, 0.15) is 0 Å². The summed E-state index contributed by atoms with van der Waals surface area (Å²) >= 11 is 0. The van der Waals surface area contributed by atoms with Crippen molar-refractivity contribution >= 4 is 11.6 Å². The first-order valence-electron chi connectivity index (χ1n) is 7.62. The van der Waals surface area contributed by atoms with E-state index in [4.69, 9.17) is 4.74 Å². The zero-order valence-electron chi connectivity index (χ0n) is 14.1. The SMILES string of the molecule is COc1cc(-c2nnn(CC(=O)N(C)c3ccc(F)cc3)n2)ccc1F. The van der Waals surface area contributed by atoms with Crippen LogP contribution in [0.5, 0.6) is 5.75 Å². The molecule has 2 aromatic carbocycles. The van der Waals surface area contributed by atoms with Gasteiger partial charge >= 0.3 is 0 Å². The minimum absolute atomic E-state index is 0.0611. The van der Waals surface area contributed by atoms with Crippen LogP contribution >= 0.6 is 0 Å². The van der Waals surface area contributed by atoms with E-state index in [0.717, 1.165) is 4.80 Å². The molecule has 0 N–H and O–H groups in total. The standard InChI is InChI=1S/C17H15F2N5O2/c1-23(13-6-4-12(18)5-7-13)16(25)10-24-21-17(20-22-24)11-3-8-14(19)15(9-11)26-2/h3-9H,10H2,1-2H3. The molecule has 3 rings (SSSR count). The Balaban J connectivity index is 1.73. The number of rotatable bonds is 5. The topological polar surface area (TPSA) is 73.1 Å². The lowest BCUT2D eigenvalue weighted by molar-refractivity contribution is -0.119. The molecule has 1 amide bonds. The summed E-state index contributed by atoms with van der Waals surface area (Å²) in [7, 11) is 2.93. The first-order valence-corrected chi connectivity index (χ1v) is 7.62. The molecule has 0 saturated heterocycles. The number of hydrogen-bond donors (Lipinski definition) is 0. The molecule has 0 atom stereocenters. The Bertz CT molecular complexity index is 927. The van der Waals surface area contributed by atoms with Crippen LogP contribution in [0.2, 0.25) is 0 Å². The number of tetrazole rings is 1. The van der Waals surface area contributed by atoms with Crippen LogP contribution in [-0.2, 0) is 11.3 Å². The number of likely N-dealkylation sites (N-methyl/N-ethyl adjacent to an activating group) is 1. The number of carbonyl (C=O) groups excluding carboxylic acids is 1. The van der Waals surface area contributed by atoms with Gasteiger partial charge in [0.1, 0.15) is 12.4 Å². The van der Waals surface area contributed by atoms with Crippen LogP contribution in [0.4, 0.5) is 14.5 Å². The molecule has 1 heterocycles. The summed E-state index contributed by atoms with van der Waals surface area (Å²) in [5.41, 5.74) is 1.05. The van der Waals surface area contributed by atoms with Gasteiger partial charge < -0.3 is 9.64 Å². The minimum atomic E-state index is -0.500. The molecule has 134 valence electrons. The number of halogens is 2. The zero-order chi connectivity index (χ0) is 18.7. The molecule has 0 bridgehead atoms. The Kier molecular flexibility index (Phi) is 4.87. The number of methoxy groups -OCH3 is 1. The normalized spacial score (nSPS) is 10.6. The summed E-state index contributed by atoms with van der Waals surface area (Å²) in [6.07, 6.45) is 0. The first-order chi connectivity index (χ1) is 12.5. The highest BCUT2D eigenvalue weighted by atomic mass is 19.1. The first kappa shape index (κ1) is 17.5. The molecule has 0 saturated carbocycles. The van der Waals surface area contributed by atoms with Crippen LogP contribution in [0.15, 0.2) is 42.5 Å². The van der Waals surface area contributed by atoms with Crippen molar-refractivity contribution in [2.45, 2.75) is 6.54 Å². The molecule has 0 aliphatic carbocycles. The lowest BCUT2D eigenvalue weighted by Gasteiger charge is -2.16. The van der Waals surface area contributed by atoms with Crippen molar-refractivity contribution in [1.82, 2.24) is 20.2 Å². The maximum absolute atomic E-state index is 13.5. The van der Waals surface area contributed by atoms with Crippen LogP contribution < -0.4 is 9.64 Å². The van der Waals surface area contributed by atoms with Gasteiger partial charge in [0.2, 0.25) is 11.7 Å². The lowest BCUT2D eigenvalue weighted by Crippen LogP contribution is -2.30. The molecular formula is C17H15F2N5O2. The van der Waals surface area contributed by atoms with Gasteiger partial charge in [-0.3, -0.25) is 4.79 Å². The second-order valence-corrected chi connectivity index (χ2v) is 5.42. The van der Waals surface area contributed by atoms with Crippen LogP contribution in [0.3, 0.4) is 0 Å². The number of aromatic nitrogens is 4. The monoisotopic (exact) mass is 359 g/mol. The summed E-state index contributed by atoms with van der Waals surface area (Å²) in [5.74, 6) is -0.893. The van der Waals surface area contributed by atoms with Gasteiger partial charge in [-0.25, -0.2) is 8.78 Å². The Hall–Kier alpha value is -3.36. The van der Waals surface area contributed by atoms with Crippen molar-refractivity contribution in [3.05, 3.63) is 54.1 Å². The van der Waals surface area contributed by atoms with Gasteiger partial charge in [0.25, 0.3) is 0 Å². The minimum Gasteiger partial charge on any atom is -0.494 e. The van der Waals surface area contributed by atoms with Crippen molar-refractivity contribution in [3.63, 3.8) is 0 Å². The van der Waals surface area contributed by atoms with E-state index in [2.05, 4.69) is 15.4 Å². The summed E-state index contributed by atoms with van der Waals surface area (Å²) in [6.45, 7) is -0.154. The lowest BCUT2D eigenvalue weighted by atomic mass is 10.2. The number of anilines is 1. The average Bonchev–Trinajstić information content (AvgIpc) is 3.10. The van der Waals surface area contributed by atoms with E-state index in [0.29, 0.717) is 11.3 Å². The Labute approximate surface area is 147 Å². The summed E-state index contributed by atoms with van der Waals surface area (Å²) in [6, 6.07) is 9.72. The third-order valence-corrected chi connectivity index (χ3v) is 3.73. The summed E-state index contributed by atoms with van der Waals surface area (Å²) < 4.78 is 31.4. The van der Waals surface area contributed by atoms with Crippen LogP contribution in [0, 0.1) is 11.6 Å². The van der Waals surface area contributed by atoms with E-state index in [1.807, 2.05) is 0 Å². The predicted octanol–water partition coefficient (Wildman–Crippen LogP) is 2.29. The van der Waals surface area contributed by atoms with E-state index in [-0.39, 0.29) is 29.8 Å². The maximum Gasteiger partial charge on any atom is 0.250 e. The molecule has 26 heavy (non-hydrogen) atoms. The molecule has 1 aromatic heterocycles.